The van der Waals surface area contributed by atoms with E-state index in [0.29, 0.717) is 28.1 Å². The second kappa shape index (κ2) is 9.05. The zero-order valence-corrected chi connectivity index (χ0v) is 17.1. The Hall–Kier alpha value is -3.59. The maximum Gasteiger partial charge on any atom is 0.229 e. The molecule has 2 amide bonds. The van der Waals surface area contributed by atoms with Crippen molar-refractivity contribution in [2.75, 3.05) is 5.32 Å². The van der Waals surface area contributed by atoms with Crippen LogP contribution in [0.2, 0.25) is 0 Å². The molecule has 2 aromatic heterocycles. The number of hydrogen-bond acceptors (Lipinski definition) is 4. The Labute approximate surface area is 180 Å². The summed E-state index contributed by atoms with van der Waals surface area (Å²) >= 11 is 1.35. The molecule has 2 aromatic carbocycles. The normalized spacial score (nSPS) is 10.9. The number of anilines is 1. The summed E-state index contributed by atoms with van der Waals surface area (Å²) in [5, 5.41) is 13.2. The lowest BCUT2D eigenvalue weighted by Gasteiger charge is -2.04. The molecule has 2 heterocycles. The molecule has 0 aliphatic rings. The van der Waals surface area contributed by atoms with Crippen molar-refractivity contribution in [1.82, 2.24) is 15.5 Å². The fraction of sp³-hybridized carbons (Fsp3) is 0.136. The molecule has 158 valence electrons. The SMILES string of the molecule is O=C(Cc1cc2c(NC(=O)Cc3cccc(F)c3)[nH]nc2s1)NCc1ccc(F)cc1. The van der Waals surface area contributed by atoms with Gasteiger partial charge in [0.2, 0.25) is 11.8 Å². The first kappa shape index (κ1) is 20.7. The Morgan fingerprint density at radius 1 is 0.935 bits per heavy atom. The average molecular weight is 440 g/mol. The van der Waals surface area contributed by atoms with Gasteiger partial charge in [-0.1, -0.05) is 24.3 Å². The smallest absolute Gasteiger partial charge is 0.229 e. The molecule has 0 aliphatic carbocycles. The van der Waals surface area contributed by atoms with Crippen molar-refractivity contribution < 1.29 is 18.4 Å². The van der Waals surface area contributed by atoms with Gasteiger partial charge in [-0.3, -0.25) is 14.7 Å². The first-order valence-corrected chi connectivity index (χ1v) is 10.3. The summed E-state index contributed by atoms with van der Waals surface area (Å²) in [6.45, 7) is 0.309. The van der Waals surface area contributed by atoms with Gasteiger partial charge in [-0.05, 0) is 41.5 Å². The third kappa shape index (κ3) is 5.32. The molecule has 9 heteroatoms. The number of aromatic nitrogens is 2. The summed E-state index contributed by atoms with van der Waals surface area (Å²) in [5.41, 5.74) is 1.37. The molecule has 0 unspecified atom stereocenters. The quantitative estimate of drug-likeness (QED) is 0.407. The van der Waals surface area contributed by atoms with Crippen LogP contribution in [0.1, 0.15) is 16.0 Å². The second-order valence-electron chi connectivity index (χ2n) is 6.96. The molecule has 4 aromatic rings. The van der Waals surface area contributed by atoms with Gasteiger partial charge in [0.15, 0.2) is 0 Å². The van der Waals surface area contributed by atoms with Gasteiger partial charge < -0.3 is 10.6 Å². The summed E-state index contributed by atoms with van der Waals surface area (Å²) < 4.78 is 26.2. The monoisotopic (exact) mass is 440 g/mol. The number of fused-ring (bicyclic) bond motifs is 1. The van der Waals surface area contributed by atoms with Crippen LogP contribution < -0.4 is 10.6 Å². The van der Waals surface area contributed by atoms with Gasteiger partial charge >= 0.3 is 0 Å². The lowest BCUT2D eigenvalue weighted by molar-refractivity contribution is -0.120. The van der Waals surface area contributed by atoms with E-state index in [-0.39, 0.29) is 30.5 Å². The van der Waals surface area contributed by atoms with Crippen LogP contribution in [-0.2, 0) is 29.0 Å². The number of halogens is 2. The Morgan fingerprint density at radius 2 is 1.74 bits per heavy atom. The Balaban J connectivity index is 1.36. The Morgan fingerprint density at radius 3 is 2.52 bits per heavy atom. The van der Waals surface area contributed by atoms with Crippen LogP contribution in [0.25, 0.3) is 10.2 Å². The molecule has 0 spiro atoms. The van der Waals surface area contributed by atoms with Crippen molar-refractivity contribution in [2.24, 2.45) is 0 Å². The minimum absolute atomic E-state index is 0.0288. The summed E-state index contributed by atoms with van der Waals surface area (Å²) in [4.78, 5) is 26.0. The predicted molar refractivity (Wildman–Crippen MR) is 115 cm³/mol. The minimum atomic E-state index is -0.394. The molecular weight excluding hydrogens is 422 g/mol. The van der Waals surface area contributed by atoms with E-state index >= 15 is 0 Å². The molecule has 0 fully saturated rings. The minimum Gasteiger partial charge on any atom is -0.352 e. The van der Waals surface area contributed by atoms with E-state index in [1.165, 1.54) is 35.6 Å². The number of H-pyrrole nitrogens is 1. The van der Waals surface area contributed by atoms with E-state index in [2.05, 4.69) is 20.8 Å². The molecule has 0 aliphatic heterocycles. The van der Waals surface area contributed by atoms with Gasteiger partial charge in [0.05, 0.1) is 18.2 Å². The largest absolute Gasteiger partial charge is 0.352 e. The average Bonchev–Trinajstić information content (AvgIpc) is 3.28. The zero-order valence-electron chi connectivity index (χ0n) is 16.2. The first-order chi connectivity index (χ1) is 15.0. The van der Waals surface area contributed by atoms with Gasteiger partial charge in [-0.15, -0.1) is 11.3 Å². The third-order valence-corrected chi connectivity index (χ3v) is 5.59. The lowest BCUT2D eigenvalue weighted by Crippen LogP contribution is -2.24. The summed E-state index contributed by atoms with van der Waals surface area (Å²) in [6.07, 6.45) is 0.194. The number of nitrogens with zero attached hydrogens (tertiary/aromatic N) is 1. The number of carbonyl (C=O) groups excluding carboxylic acids is 2. The Bertz CT molecular complexity index is 1230. The highest BCUT2D eigenvalue weighted by Crippen LogP contribution is 2.29. The standard InChI is InChI=1S/C22H18F2N4O2S/c23-15-6-4-13(5-7-15)12-25-19(29)11-17-10-18-21(27-28-22(18)31-17)26-20(30)9-14-2-1-3-16(24)8-14/h1-8,10H,9,11-12H2,(H,25,29)(H2,26,27,28,30). The van der Waals surface area contributed by atoms with Crippen molar-refractivity contribution in [2.45, 2.75) is 19.4 Å². The number of nitrogens with one attached hydrogen (secondary N) is 3. The number of carbonyl (C=O) groups is 2. The van der Waals surface area contributed by atoms with Gasteiger partial charge in [-0.2, -0.15) is 5.10 Å². The molecule has 0 atom stereocenters. The van der Waals surface area contributed by atoms with Gasteiger partial charge in [-0.25, -0.2) is 8.78 Å². The number of aromatic amines is 1. The van der Waals surface area contributed by atoms with E-state index in [1.807, 2.05) is 0 Å². The summed E-state index contributed by atoms with van der Waals surface area (Å²) in [5.74, 6) is -0.759. The van der Waals surface area contributed by atoms with Crippen molar-refractivity contribution in [3.05, 3.63) is 82.2 Å². The van der Waals surface area contributed by atoms with Crippen molar-refractivity contribution in [3.63, 3.8) is 0 Å². The molecule has 31 heavy (non-hydrogen) atoms. The fourth-order valence-corrected chi connectivity index (χ4v) is 4.07. The Kier molecular flexibility index (Phi) is 6.03. The van der Waals surface area contributed by atoms with E-state index in [4.69, 9.17) is 0 Å². The van der Waals surface area contributed by atoms with Crippen molar-refractivity contribution in [3.8, 4) is 0 Å². The molecular formula is C22H18F2N4O2S. The van der Waals surface area contributed by atoms with E-state index in [9.17, 15) is 18.4 Å². The van der Waals surface area contributed by atoms with Crippen LogP contribution in [0.5, 0.6) is 0 Å². The molecule has 0 bridgehead atoms. The van der Waals surface area contributed by atoms with Crippen LogP contribution >= 0.6 is 11.3 Å². The van der Waals surface area contributed by atoms with E-state index in [1.54, 1.807) is 30.3 Å². The highest BCUT2D eigenvalue weighted by Gasteiger charge is 2.15. The van der Waals surface area contributed by atoms with Crippen LogP contribution in [0.15, 0.2) is 54.6 Å². The topological polar surface area (TPSA) is 86.9 Å². The van der Waals surface area contributed by atoms with Crippen molar-refractivity contribution in [1.29, 1.82) is 0 Å². The highest BCUT2D eigenvalue weighted by atomic mass is 32.1. The maximum absolute atomic E-state index is 13.3. The number of rotatable bonds is 7. The van der Waals surface area contributed by atoms with Gasteiger partial charge in [0.25, 0.3) is 0 Å². The predicted octanol–water partition coefficient (Wildman–Crippen LogP) is 3.94. The third-order valence-electron chi connectivity index (χ3n) is 4.56. The summed E-state index contributed by atoms with van der Waals surface area (Å²) in [7, 11) is 0. The maximum atomic E-state index is 13.3. The molecule has 0 radical (unpaired) electrons. The van der Waals surface area contributed by atoms with Crippen LogP contribution in [-0.4, -0.2) is 22.0 Å². The first-order valence-electron chi connectivity index (χ1n) is 9.48. The zero-order chi connectivity index (χ0) is 21.8. The second-order valence-corrected chi connectivity index (χ2v) is 8.08. The number of benzene rings is 2. The molecule has 3 N–H and O–H groups in total. The van der Waals surface area contributed by atoms with Crippen LogP contribution in [0.4, 0.5) is 14.6 Å². The number of hydrogen-bond donors (Lipinski definition) is 3. The van der Waals surface area contributed by atoms with Crippen LogP contribution in [0.3, 0.4) is 0 Å². The lowest BCUT2D eigenvalue weighted by atomic mass is 10.1. The molecule has 4 rings (SSSR count). The van der Waals surface area contributed by atoms with Gasteiger partial charge in [0, 0.05) is 11.4 Å². The molecule has 6 nitrogen and oxygen atoms in total. The van der Waals surface area contributed by atoms with Gasteiger partial charge in [0.1, 0.15) is 22.3 Å². The number of thiophene rings is 1. The van der Waals surface area contributed by atoms with E-state index < -0.39 is 5.82 Å². The highest BCUT2D eigenvalue weighted by molar-refractivity contribution is 7.18. The van der Waals surface area contributed by atoms with Crippen LogP contribution in [0, 0.1) is 11.6 Å². The van der Waals surface area contributed by atoms with Crippen molar-refractivity contribution >= 4 is 39.2 Å². The summed E-state index contributed by atoms with van der Waals surface area (Å²) in [6, 6.07) is 13.6. The molecule has 0 saturated carbocycles. The fourth-order valence-electron chi connectivity index (χ4n) is 3.08. The molecule has 0 saturated heterocycles. The van der Waals surface area contributed by atoms with E-state index in [0.717, 1.165) is 10.4 Å². The number of amides is 2.